The van der Waals surface area contributed by atoms with Gasteiger partial charge < -0.3 is 10.8 Å². The topological polar surface area (TPSA) is 63.3 Å². The second-order valence-corrected chi connectivity index (χ2v) is 3.85. The van der Waals surface area contributed by atoms with Crippen molar-refractivity contribution < 1.29 is 9.90 Å². The summed E-state index contributed by atoms with van der Waals surface area (Å²) in [7, 11) is 0. The second kappa shape index (κ2) is 2.21. The van der Waals surface area contributed by atoms with Gasteiger partial charge in [-0.2, -0.15) is 0 Å². The molecule has 3 N–H and O–H groups in total. The van der Waals surface area contributed by atoms with Crippen molar-refractivity contribution in [1.82, 2.24) is 0 Å². The van der Waals surface area contributed by atoms with E-state index in [1.165, 1.54) is 0 Å². The van der Waals surface area contributed by atoms with Gasteiger partial charge in [-0.3, -0.25) is 4.79 Å². The fourth-order valence-electron chi connectivity index (χ4n) is 2.69. The van der Waals surface area contributed by atoms with Crippen molar-refractivity contribution in [1.29, 1.82) is 0 Å². The third-order valence-corrected chi connectivity index (χ3v) is 3.18. The number of fused-ring (bicyclic) bond motifs is 2. The van der Waals surface area contributed by atoms with Gasteiger partial charge in [0.15, 0.2) is 0 Å². The molecule has 0 unspecified atom stereocenters. The molecular formula is C8H13NO2. The molecular weight excluding hydrogens is 142 g/mol. The number of aliphatic carboxylic acids is 1. The Hall–Kier alpha value is -0.570. The predicted molar refractivity (Wildman–Crippen MR) is 39.9 cm³/mol. The monoisotopic (exact) mass is 155 g/mol. The first-order valence-electron chi connectivity index (χ1n) is 4.17. The van der Waals surface area contributed by atoms with Gasteiger partial charge in [0.25, 0.3) is 0 Å². The molecule has 2 aliphatic carbocycles. The summed E-state index contributed by atoms with van der Waals surface area (Å²) in [5, 5.41) is 8.80. The normalized spacial score (nSPS) is 48.1. The third kappa shape index (κ3) is 0.948. The number of carbonyl (C=O) groups is 1. The van der Waals surface area contributed by atoms with Gasteiger partial charge in [0.2, 0.25) is 0 Å². The van der Waals surface area contributed by atoms with Gasteiger partial charge in [0.1, 0.15) is 0 Å². The Bertz CT molecular complexity index is 193. The molecule has 11 heavy (non-hydrogen) atoms. The highest BCUT2D eigenvalue weighted by Gasteiger charge is 2.47. The SMILES string of the molecule is N[C@H]1C[C@@H]2C[C@@H]1[C@H](C(=O)O)C2. The predicted octanol–water partition coefficient (Wildman–Crippen LogP) is 0.444. The Morgan fingerprint density at radius 1 is 1.36 bits per heavy atom. The van der Waals surface area contributed by atoms with Crippen LogP contribution in [-0.4, -0.2) is 17.1 Å². The van der Waals surface area contributed by atoms with Crippen LogP contribution in [0.4, 0.5) is 0 Å². The highest BCUT2D eigenvalue weighted by molar-refractivity contribution is 5.71. The van der Waals surface area contributed by atoms with Crippen LogP contribution in [0.25, 0.3) is 0 Å². The van der Waals surface area contributed by atoms with Crippen molar-refractivity contribution >= 4 is 5.97 Å². The molecule has 0 aliphatic heterocycles. The van der Waals surface area contributed by atoms with Crippen LogP contribution >= 0.6 is 0 Å². The maximum Gasteiger partial charge on any atom is 0.306 e. The van der Waals surface area contributed by atoms with E-state index < -0.39 is 5.97 Å². The van der Waals surface area contributed by atoms with E-state index in [1.807, 2.05) is 0 Å². The van der Waals surface area contributed by atoms with E-state index in [4.69, 9.17) is 10.8 Å². The molecule has 2 fully saturated rings. The Morgan fingerprint density at radius 3 is 2.45 bits per heavy atom. The van der Waals surface area contributed by atoms with Crippen LogP contribution in [0.1, 0.15) is 19.3 Å². The van der Waals surface area contributed by atoms with Gasteiger partial charge in [-0.1, -0.05) is 0 Å². The molecule has 0 heterocycles. The molecule has 0 radical (unpaired) electrons. The highest BCUT2D eigenvalue weighted by Crippen LogP contribution is 2.47. The lowest BCUT2D eigenvalue weighted by molar-refractivity contribution is -0.143. The molecule has 0 amide bonds. The summed E-state index contributed by atoms with van der Waals surface area (Å²) < 4.78 is 0. The molecule has 0 aromatic carbocycles. The Balaban J connectivity index is 2.12. The molecule has 62 valence electrons. The first-order valence-corrected chi connectivity index (χ1v) is 4.17. The molecule has 3 heteroatoms. The van der Waals surface area contributed by atoms with Crippen molar-refractivity contribution in [2.24, 2.45) is 23.5 Å². The third-order valence-electron chi connectivity index (χ3n) is 3.18. The summed E-state index contributed by atoms with van der Waals surface area (Å²) in [4.78, 5) is 10.7. The maximum atomic E-state index is 10.7. The summed E-state index contributed by atoms with van der Waals surface area (Å²) in [6, 6.07) is 0.162. The number of rotatable bonds is 1. The fourth-order valence-corrected chi connectivity index (χ4v) is 2.69. The van der Waals surface area contributed by atoms with Crippen molar-refractivity contribution in [2.45, 2.75) is 25.3 Å². The largest absolute Gasteiger partial charge is 0.481 e. The summed E-state index contributed by atoms with van der Waals surface area (Å²) in [6.45, 7) is 0. The zero-order valence-corrected chi connectivity index (χ0v) is 6.36. The summed E-state index contributed by atoms with van der Waals surface area (Å²) in [5.74, 6) is 0.102. The van der Waals surface area contributed by atoms with E-state index in [1.54, 1.807) is 0 Å². The lowest BCUT2D eigenvalue weighted by Crippen LogP contribution is -2.35. The highest BCUT2D eigenvalue weighted by atomic mass is 16.4. The number of hydrogen-bond acceptors (Lipinski definition) is 2. The molecule has 0 aromatic rings. The molecule has 2 aliphatic rings. The molecule has 2 bridgehead atoms. The molecule has 3 nitrogen and oxygen atoms in total. The molecule has 2 saturated carbocycles. The molecule has 4 atom stereocenters. The number of carboxylic acids is 1. The zero-order chi connectivity index (χ0) is 8.01. The average molecular weight is 155 g/mol. The van der Waals surface area contributed by atoms with Crippen molar-refractivity contribution in [2.75, 3.05) is 0 Å². The van der Waals surface area contributed by atoms with Gasteiger partial charge in [0, 0.05) is 6.04 Å². The van der Waals surface area contributed by atoms with Crippen molar-refractivity contribution in [3.8, 4) is 0 Å². The van der Waals surface area contributed by atoms with E-state index in [9.17, 15) is 4.79 Å². The minimum absolute atomic E-state index is 0.135. The Kier molecular flexibility index (Phi) is 1.42. The van der Waals surface area contributed by atoms with Gasteiger partial charge in [-0.15, -0.1) is 0 Å². The summed E-state index contributed by atoms with van der Waals surface area (Å²) >= 11 is 0. The molecule has 0 spiro atoms. The van der Waals surface area contributed by atoms with Crippen LogP contribution in [-0.2, 0) is 4.79 Å². The van der Waals surface area contributed by atoms with Crippen LogP contribution in [0.15, 0.2) is 0 Å². The minimum atomic E-state index is -0.646. The molecule has 0 aromatic heterocycles. The van der Waals surface area contributed by atoms with E-state index in [0.717, 1.165) is 19.3 Å². The van der Waals surface area contributed by atoms with Crippen LogP contribution in [0, 0.1) is 17.8 Å². The first kappa shape index (κ1) is 7.10. The lowest BCUT2D eigenvalue weighted by atomic mass is 9.86. The van der Waals surface area contributed by atoms with Crippen LogP contribution < -0.4 is 5.73 Å². The van der Waals surface area contributed by atoms with Crippen LogP contribution in [0.5, 0.6) is 0 Å². The van der Waals surface area contributed by atoms with Gasteiger partial charge in [-0.05, 0) is 31.1 Å². The lowest BCUT2D eigenvalue weighted by Gasteiger charge is -2.23. The maximum absolute atomic E-state index is 10.7. The Morgan fingerprint density at radius 2 is 2.09 bits per heavy atom. The number of nitrogens with two attached hydrogens (primary N) is 1. The van der Waals surface area contributed by atoms with E-state index in [0.29, 0.717) is 5.92 Å². The van der Waals surface area contributed by atoms with Gasteiger partial charge in [0.05, 0.1) is 5.92 Å². The molecule has 2 rings (SSSR count). The number of hydrogen-bond donors (Lipinski definition) is 2. The van der Waals surface area contributed by atoms with Crippen LogP contribution in [0.2, 0.25) is 0 Å². The van der Waals surface area contributed by atoms with E-state index >= 15 is 0 Å². The quantitative estimate of drug-likeness (QED) is 0.577. The van der Waals surface area contributed by atoms with Crippen molar-refractivity contribution in [3.05, 3.63) is 0 Å². The standard InChI is InChI=1S/C8H13NO2/c9-7-3-4-1-5(7)6(2-4)8(10)11/h4-7H,1-3,9H2,(H,10,11)/t4-,5-,6-,7+/m1/s1. The van der Waals surface area contributed by atoms with Crippen LogP contribution in [0.3, 0.4) is 0 Å². The number of carboxylic acid groups (broad SMARTS) is 1. The zero-order valence-electron chi connectivity index (χ0n) is 6.36. The first-order chi connectivity index (χ1) is 5.18. The van der Waals surface area contributed by atoms with Crippen molar-refractivity contribution in [3.63, 3.8) is 0 Å². The fraction of sp³-hybridized carbons (Fsp3) is 0.875. The smallest absolute Gasteiger partial charge is 0.306 e. The average Bonchev–Trinajstić information content (AvgIpc) is 2.43. The molecule has 0 saturated heterocycles. The summed E-state index contributed by atoms with van der Waals surface area (Å²) in [6.07, 6.45) is 2.97. The van der Waals surface area contributed by atoms with E-state index in [2.05, 4.69) is 0 Å². The van der Waals surface area contributed by atoms with Gasteiger partial charge >= 0.3 is 5.97 Å². The van der Waals surface area contributed by atoms with Gasteiger partial charge in [-0.25, -0.2) is 0 Å². The summed E-state index contributed by atoms with van der Waals surface area (Å²) in [5.41, 5.74) is 5.78. The second-order valence-electron chi connectivity index (χ2n) is 3.85. The Labute approximate surface area is 65.6 Å². The minimum Gasteiger partial charge on any atom is -0.481 e. The van der Waals surface area contributed by atoms with E-state index in [-0.39, 0.29) is 17.9 Å².